The van der Waals surface area contributed by atoms with Gasteiger partial charge in [0.2, 0.25) is 0 Å². The van der Waals surface area contributed by atoms with Crippen molar-refractivity contribution in [2.24, 2.45) is 0 Å². The number of ether oxygens (including phenoxy) is 1. The van der Waals surface area contributed by atoms with Crippen LogP contribution in [0.4, 0.5) is 4.39 Å². The number of hydrogen-bond acceptors (Lipinski definition) is 5. The fourth-order valence-electron chi connectivity index (χ4n) is 3.92. The van der Waals surface area contributed by atoms with E-state index >= 15 is 0 Å². The van der Waals surface area contributed by atoms with E-state index in [0.29, 0.717) is 30.1 Å². The van der Waals surface area contributed by atoms with E-state index in [4.69, 9.17) is 16.3 Å². The second kappa shape index (κ2) is 11.2. The standard InChI is InChI=1S/C26H27ClFN3O3S/c1-16-3-5-20(11-17(16)2)34-14-24(32)31-9-7-19(8-10-31)26-30-23(15-35-26)25(33)29-13-18-4-6-22(28)21(27)12-18/h3-6,11-12,15,19H,7-10,13-14H2,1-2H3,(H,29,33). The first-order valence-corrected chi connectivity index (χ1v) is 12.7. The van der Waals surface area contributed by atoms with Gasteiger partial charge < -0.3 is 15.0 Å². The molecule has 1 saturated heterocycles. The smallest absolute Gasteiger partial charge is 0.271 e. The molecule has 0 spiro atoms. The molecule has 184 valence electrons. The van der Waals surface area contributed by atoms with E-state index < -0.39 is 5.82 Å². The average Bonchev–Trinajstić information content (AvgIpc) is 3.36. The highest BCUT2D eigenvalue weighted by Crippen LogP contribution is 2.30. The summed E-state index contributed by atoms with van der Waals surface area (Å²) in [5.41, 5.74) is 3.38. The molecule has 35 heavy (non-hydrogen) atoms. The molecule has 0 aliphatic carbocycles. The Morgan fingerprint density at radius 1 is 1.17 bits per heavy atom. The van der Waals surface area contributed by atoms with Crippen LogP contribution in [0, 0.1) is 19.7 Å². The van der Waals surface area contributed by atoms with E-state index in [1.54, 1.807) is 11.4 Å². The van der Waals surface area contributed by atoms with Crippen molar-refractivity contribution in [3.63, 3.8) is 0 Å². The van der Waals surface area contributed by atoms with Gasteiger partial charge in [0.05, 0.1) is 10.0 Å². The summed E-state index contributed by atoms with van der Waals surface area (Å²) in [5, 5.41) is 5.46. The zero-order valence-electron chi connectivity index (χ0n) is 19.6. The van der Waals surface area contributed by atoms with Gasteiger partial charge in [-0.05, 0) is 67.6 Å². The molecule has 1 fully saturated rings. The van der Waals surface area contributed by atoms with Crippen molar-refractivity contribution in [1.82, 2.24) is 15.2 Å². The minimum atomic E-state index is -0.493. The Labute approximate surface area is 213 Å². The molecule has 1 N–H and O–H groups in total. The molecule has 0 atom stereocenters. The van der Waals surface area contributed by atoms with Crippen molar-refractivity contribution in [1.29, 1.82) is 0 Å². The summed E-state index contributed by atoms with van der Waals surface area (Å²) in [6, 6.07) is 10.2. The van der Waals surface area contributed by atoms with Crippen LogP contribution in [-0.2, 0) is 11.3 Å². The summed E-state index contributed by atoms with van der Waals surface area (Å²) < 4.78 is 19.0. The Morgan fingerprint density at radius 2 is 1.94 bits per heavy atom. The number of rotatable bonds is 7. The molecule has 0 unspecified atom stereocenters. The van der Waals surface area contributed by atoms with Gasteiger partial charge in [-0.15, -0.1) is 11.3 Å². The Kier molecular flexibility index (Phi) is 8.03. The van der Waals surface area contributed by atoms with Crippen LogP contribution in [0.3, 0.4) is 0 Å². The lowest BCUT2D eigenvalue weighted by Gasteiger charge is -2.31. The molecule has 1 aliphatic rings. The number of nitrogens with zero attached hydrogens (tertiary/aromatic N) is 2. The van der Waals surface area contributed by atoms with Gasteiger partial charge in [0.25, 0.3) is 11.8 Å². The second-order valence-electron chi connectivity index (χ2n) is 8.69. The number of amides is 2. The number of hydrogen-bond donors (Lipinski definition) is 1. The summed E-state index contributed by atoms with van der Waals surface area (Å²) in [6.45, 7) is 5.57. The Balaban J connectivity index is 1.24. The van der Waals surface area contributed by atoms with Crippen molar-refractivity contribution in [3.8, 4) is 5.75 Å². The zero-order chi connectivity index (χ0) is 24.9. The van der Waals surface area contributed by atoms with Gasteiger partial charge >= 0.3 is 0 Å². The van der Waals surface area contributed by atoms with Gasteiger partial charge in [0.15, 0.2) is 6.61 Å². The molecule has 0 radical (unpaired) electrons. The van der Waals surface area contributed by atoms with Gasteiger partial charge in [-0.2, -0.15) is 0 Å². The van der Waals surface area contributed by atoms with Crippen LogP contribution in [0.2, 0.25) is 5.02 Å². The largest absolute Gasteiger partial charge is 0.484 e. The van der Waals surface area contributed by atoms with Crippen LogP contribution >= 0.6 is 22.9 Å². The van der Waals surface area contributed by atoms with Crippen LogP contribution in [-0.4, -0.2) is 41.4 Å². The summed E-state index contributed by atoms with van der Waals surface area (Å²) in [4.78, 5) is 31.4. The molecule has 1 aliphatic heterocycles. The number of thiazole rings is 1. The summed E-state index contributed by atoms with van der Waals surface area (Å²) in [5.74, 6) is 0.105. The number of carbonyl (C=O) groups is 2. The lowest BCUT2D eigenvalue weighted by molar-refractivity contribution is -0.134. The van der Waals surface area contributed by atoms with Crippen molar-refractivity contribution >= 4 is 34.8 Å². The van der Waals surface area contributed by atoms with Gasteiger partial charge in [0.1, 0.15) is 17.3 Å². The fraction of sp³-hybridized carbons (Fsp3) is 0.346. The Hall–Kier alpha value is -2.97. The third kappa shape index (κ3) is 6.38. The molecule has 0 saturated carbocycles. The van der Waals surface area contributed by atoms with E-state index in [9.17, 15) is 14.0 Å². The fourth-order valence-corrected chi connectivity index (χ4v) is 5.09. The number of carbonyl (C=O) groups excluding carboxylic acids is 2. The topological polar surface area (TPSA) is 71.5 Å². The number of benzene rings is 2. The molecular weight excluding hydrogens is 489 g/mol. The minimum Gasteiger partial charge on any atom is -0.484 e. The van der Waals surface area contributed by atoms with Crippen LogP contribution < -0.4 is 10.1 Å². The van der Waals surface area contributed by atoms with E-state index in [1.807, 2.05) is 36.9 Å². The first-order valence-electron chi connectivity index (χ1n) is 11.5. The quantitative estimate of drug-likeness (QED) is 0.465. The molecule has 9 heteroatoms. The highest BCUT2D eigenvalue weighted by atomic mass is 35.5. The molecule has 2 aromatic carbocycles. The first-order chi connectivity index (χ1) is 16.8. The van der Waals surface area contributed by atoms with Crippen LogP contribution in [0.1, 0.15) is 50.9 Å². The highest BCUT2D eigenvalue weighted by molar-refractivity contribution is 7.09. The SMILES string of the molecule is Cc1ccc(OCC(=O)N2CCC(c3nc(C(=O)NCc4ccc(F)c(Cl)c4)cs3)CC2)cc1C. The van der Waals surface area contributed by atoms with Gasteiger partial charge in [0, 0.05) is 30.9 Å². The van der Waals surface area contributed by atoms with Gasteiger partial charge in [-0.1, -0.05) is 23.7 Å². The molecule has 3 aromatic rings. The Bertz CT molecular complexity index is 1220. The summed E-state index contributed by atoms with van der Waals surface area (Å²) >= 11 is 7.25. The third-order valence-electron chi connectivity index (χ3n) is 6.23. The minimum absolute atomic E-state index is 0.0218. The molecule has 2 heterocycles. The van der Waals surface area contributed by atoms with Crippen molar-refractivity contribution in [2.75, 3.05) is 19.7 Å². The summed E-state index contributed by atoms with van der Waals surface area (Å²) in [6.07, 6.45) is 1.58. The van der Waals surface area contributed by atoms with Crippen molar-refractivity contribution in [3.05, 3.63) is 80.0 Å². The second-order valence-corrected chi connectivity index (χ2v) is 9.99. The number of aryl methyl sites for hydroxylation is 2. The van der Waals surface area contributed by atoms with Gasteiger partial charge in [-0.3, -0.25) is 9.59 Å². The number of piperidine rings is 1. The van der Waals surface area contributed by atoms with E-state index in [0.717, 1.165) is 23.4 Å². The average molecular weight is 516 g/mol. The summed E-state index contributed by atoms with van der Waals surface area (Å²) in [7, 11) is 0. The lowest BCUT2D eigenvalue weighted by atomic mass is 9.97. The van der Waals surface area contributed by atoms with E-state index in [-0.39, 0.29) is 35.9 Å². The molecular formula is C26H27ClFN3O3S. The molecule has 1 aromatic heterocycles. The maximum Gasteiger partial charge on any atom is 0.271 e. The monoisotopic (exact) mass is 515 g/mol. The maximum atomic E-state index is 13.3. The highest BCUT2D eigenvalue weighted by Gasteiger charge is 2.26. The molecule has 4 rings (SSSR count). The maximum absolute atomic E-state index is 13.3. The van der Waals surface area contributed by atoms with Gasteiger partial charge in [-0.25, -0.2) is 9.37 Å². The van der Waals surface area contributed by atoms with Crippen LogP contribution in [0.5, 0.6) is 5.75 Å². The van der Waals surface area contributed by atoms with Crippen molar-refractivity contribution < 1.29 is 18.7 Å². The normalized spacial score (nSPS) is 14.1. The van der Waals surface area contributed by atoms with Crippen molar-refractivity contribution in [2.45, 2.75) is 39.2 Å². The number of halogens is 2. The van der Waals surface area contributed by atoms with Crippen LogP contribution in [0.25, 0.3) is 0 Å². The number of aromatic nitrogens is 1. The number of nitrogens with one attached hydrogen (secondary N) is 1. The molecule has 0 bridgehead atoms. The Morgan fingerprint density at radius 3 is 2.66 bits per heavy atom. The lowest BCUT2D eigenvalue weighted by Crippen LogP contribution is -2.40. The van der Waals surface area contributed by atoms with Crippen LogP contribution in [0.15, 0.2) is 41.8 Å². The molecule has 6 nitrogen and oxygen atoms in total. The molecule has 2 amide bonds. The van der Waals surface area contributed by atoms with E-state index in [2.05, 4.69) is 10.3 Å². The van der Waals surface area contributed by atoms with E-state index in [1.165, 1.54) is 29.0 Å². The predicted molar refractivity (Wildman–Crippen MR) is 135 cm³/mol. The predicted octanol–water partition coefficient (Wildman–Crippen LogP) is 5.27. The first kappa shape index (κ1) is 25.1. The number of likely N-dealkylation sites (tertiary alicyclic amines) is 1. The third-order valence-corrected chi connectivity index (χ3v) is 7.53. The zero-order valence-corrected chi connectivity index (χ0v) is 21.2.